The molecule has 0 saturated heterocycles. The Labute approximate surface area is 475 Å². The average Bonchev–Trinajstić information content (AvgIpc) is 3.49. The lowest BCUT2D eigenvalue weighted by Crippen LogP contribution is -2.36. The van der Waals surface area contributed by atoms with Crippen molar-refractivity contribution < 1.29 is 53.4 Å². The van der Waals surface area contributed by atoms with Crippen LogP contribution in [0.5, 0.6) is 11.5 Å². The Morgan fingerprint density at radius 3 is 1.10 bits per heavy atom. The number of alkyl halides is 10. The van der Waals surface area contributed by atoms with Gasteiger partial charge in [0.25, 0.3) is 0 Å². The summed E-state index contributed by atoms with van der Waals surface area (Å²) in [6, 6.07) is 53.8. The van der Waals surface area contributed by atoms with Crippen LogP contribution in [0.4, 0.5) is 43.9 Å². The van der Waals surface area contributed by atoms with Crippen LogP contribution in [0.2, 0.25) is 0 Å². The van der Waals surface area contributed by atoms with Gasteiger partial charge in [0.15, 0.2) is 0 Å². The fraction of sp³-hybridized carbons (Fsp3) is 0.412. The van der Waals surface area contributed by atoms with E-state index in [0.29, 0.717) is 76.1 Å². The molecule has 2 unspecified atom stereocenters. The molecule has 6 aromatic carbocycles. The molecule has 0 aromatic heterocycles. The van der Waals surface area contributed by atoms with Gasteiger partial charge in [0.2, 0.25) is 0 Å². The van der Waals surface area contributed by atoms with Crippen LogP contribution in [0.3, 0.4) is 0 Å². The lowest BCUT2D eigenvalue weighted by molar-refractivity contribution is -0.284. The molecule has 0 fully saturated rings. The highest BCUT2D eigenvalue weighted by atomic mass is 32.2. The SMILES string of the molecule is FC(F)(F)C(F)(F)CCCC(CCCCCOc1ccc(/C(=C2\CCCc3ccccc32)c2ccccc2)cc1)SC(CCCCCOc1ccc(/C(=C2\CCCc3ccccc32)c2ccccc2)cc1)CCCC(F)(F)C(F)(F)F. The van der Waals surface area contributed by atoms with Gasteiger partial charge in [0.05, 0.1) is 13.2 Å². The van der Waals surface area contributed by atoms with E-state index >= 15 is 0 Å². The van der Waals surface area contributed by atoms with Gasteiger partial charge < -0.3 is 9.47 Å². The number of allylic oxidation sites excluding steroid dienone is 2. The van der Waals surface area contributed by atoms with Crippen LogP contribution in [0.1, 0.15) is 160 Å². The summed E-state index contributed by atoms with van der Waals surface area (Å²) in [7, 11) is 0. The van der Waals surface area contributed by atoms with Crippen molar-refractivity contribution in [2.24, 2.45) is 0 Å². The summed E-state index contributed by atoms with van der Waals surface area (Å²) in [5.74, 6) is -8.39. The van der Waals surface area contributed by atoms with Crippen LogP contribution in [-0.2, 0) is 12.8 Å². The molecule has 0 amide bonds. The van der Waals surface area contributed by atoms with Crippen molar-refractivity contribution in [3.63, 3.8) is 0 Å². The zero-order chi connectivity index (χ0) is 57.3. The molecular weight excluding hydrogens is 1070 g/mol. The first-order chi connectivity index (χ1) is 39.0. The van der Waals surface area contributed by atoms with Crippen molar-refractivity contribution in [3.8, 4) is 11.5 Å². The van der Waals surface area contributed by atoms with E-state index in [0.717, 1.165) is 60.8 Å². The molecule has 0 aliphatic heterocycles. The third kappa shape index (κ3) is 17.1. The second kappa shape index (κ2) is 28.8. The summed E-state index contributed by atoms with van der Waals surface area (Å²) < 4.78 is 148. The second-order valence-electron chi connectivity index (χ2n) is 21.5. The number of hydrogen-bond donors (Lipinski definition) is 0. The zero-order valence-corrected chi connectivity index (χ0v) is 46.5. The number of hydrogen-bond acceptors (Lipinski definition) is 3. The van der Waals surface area contributed by atoms with Crippen molar-refractivity contribution in [3.05, 3.63) is 202 Å². The summed E-state index contributed by atoms with van der Waals surface area (Å²) >= 11 is 1.32. The number of benzene rings is 6. The smallest absolute Gasteiger partial charge is 0.453 e. The van der Waals surface area contributed by atoms with Crippen LogP contribution in [0.15, 0.2) is 158 Å². The number of aryl methyl sites for hydroxylation is 2. The predicted octanol–water partition coefficient (Wildman–Crippen LogP) is 21.1. The lowest BCUT2D eigenvalue weighted by Gasteiger charge is -2.26. The number of halogens is 10. The Kier molecular flexibility index (Phi) is 21.8. The van der Waals surface area contributed by atoms with Crippen LogP contribution >= 0.6 is 11.8 Å². The fourth-order valence-electron chi connectivity index (χ4n) is 11.3. The summed E-state index contributed by atoms with van der Waals surface area (Å²) in [6.07, 6.45) is -4.33. The second-order valence-corrected chi connectivity index (χ2v) is 23.1. The monoisotopic (exact) mass is 1140 g/mol. The Morgan fingerprint density at radius 2 is 0.716 bits per heavy atom. The van der Waals surface area contributed by atoms with E-state index in [1.807, 2.05) is 60.7 Å². The maximum Gasteiger partial charge on any atom is 0.453 e. The number of fused-ring (bicyclic) bond motifs is 2. The maximum absolute atomic E-state index is 14.1. The van der Waals surface area contributed by atoms with Gasteiger partial charge in [-0.1, -0.05) is 159 Å². The minimum absolute atomic E-state index is 0.00494. The van der Waals surface area contributed by atoms with Gasteiger partial charge in [-0.3, -0.25) is 0 Å². The van der Waals surface area contributed by atoms with Crippen molar-refractivity contribution in [2.75, 3.05) is 13.2 Å². The van der Waals surface area contributed by atoms with Crippen LogP contribution in [0, 0.1) is 0 Å². The number of ether oxygens (including phenoxy) is 2. The summed E-state index contributed by atoms with van der Waals surface area (Å²) in [6.45, 7) is 0.756. The quantitative estimate of drug-likeness (QED) is 0.0360. The van der Waals surface area contributed by atoms with Gasteiger partial charge in [-0.05, 0) is 181 Å². The van der Waals surface area contributed by atoms with E-state index < -0.39 is 60.4 Å². The molecule has 0 heterocycles. The first-order valence-electron chi connectivity index (χ1n) is 28.7. The highest BCUT2D eigenvalue weighted by molar-refractivity contribution is 8.00. The first kappa shape index (κ1) is 61.1. The van der Waals surface area contributed by atoms with E-state index in [9.17, 15) is 43.9 Å². The average molecular weight is 1140 g/mol. The van der Waals surface area contributed by atoms with Gasteiger partial charge in [0.1, 0.15) is 11.5 Å². The van der Waals surface area contributed by atoms with E-state index in [1.165, 1.54) is 56.3 Å². The van der Waals surface area contributed by atoms with Gasteiger partial charge >= 0.3 is 24.2 Å². The maximum atomic E-state index is 14.1. The molecule has 2 nitrogen and oxygen atoms in total. The van der Waals surface area contributed by atoms with Gasteiger partial charge in [-0.15, -0.1) is 0 Å². The molecule has 2 atom stereocenters. The highest BCUT2D eigenvalue weighted by Gasteiger charge is 2.57. The Hall–Kier alpha value is -5.95. The molecule has 2 aliphatic rings. The van der Waals surface area contributed by atoms with Gasteiger partial charge in [-0.25, -0.2) is 0 Å². The number of rotatable bonds is 28. The zero-order valence-electron chi connectivity index (χ0n) is 45.7. The Balaban J connectivity index is 0.861. The molecule has 13 heteroatoms. The number of thioether (sulfide) groups is 1. The van der Waals surface area contributed by atoms with Gasteiger partial charge in [0, 0.05) is 23.3 Å². The van der Waals surface area contributed by atoms with E-state index in [-0.39, 0.29) is 12.8 Å². The normalized spacial score (nSPS) is 16.0. The largest absolute Gasteiger partial charge is 0.494 e. The molecule has 0 bridgehead atoms. The molecule has 6 aromatic rings. The van der Waals surface area contributed by atoms with Crippen molar-refractivity contribution in [1.82, 2.24) is 0 Å². The lowest BCUT2D eigenvalue weighted by atomic mass is 9.81. The van der Waals surface area contributed by atoms with E-state index in [1.54, 1.807) is 0 Å². The minimum atomic E-state index is -5.70. The van der Waals surface area contributed by atoms with Crippen LogP contribution in [0.25, 0.3) is 22.3 Å². The Morgan fingerprint density at radius 1 is 0.370 bits per heavy atom. The minimum Gasteiger partial charge on any atom is -0.494 e. The molecule has 0 radical (unpaired) electrons. The Bertz CT molecular complexity index is 2750. The summed E-state index contributed by atoms with van der Waals surface area (Å²) in [5, 5.41) is -0.839. The molecule has 81 heavy (non-hydrogen) atoms. The highest BCUT2D eigenvalue weighted by Crippen LogP contribution is 2.45. The van der Waals surface area contributed by atoms with Crippen molar-refractivity contribution in [1.29, 1.82) is 0 Å². The topological polar surface area (TPSA) is 18.5 Å². The molecule has 0 spiro atoms. The molecule has 0 N–H and O–H groups in total. The van der Waals surface area contributed by atoms with E-state index in [4.69, 9.17) is 9.47 Å². The van der Waals surface area contributed by atoms with Crippen molar-refractivity contribution >= 4 is 34.1 Å². The molecule has 2 aliphatic carbocycles. The third-order valence-electron chi connectivity index (χ3n) is 15.6. The third-order valence-corrected chi connectivity index (χ3v) is 17.3. The van der Waals surface area contributed by atoms with Crippen LogP contribution < -0.4 is 9.47 Å². The molecule has 432 valence electrons. The van der Waals surface area contributed by atoms with Crippen molar-refractivity contribution in [2.45, 2.75) is 163 Å². The van der Waals surface area contributed by atoms with Crippen LogP contribution in [-0.4, -0.2) is 47.9 Å². The fourth-order valence-corrected chi connectivity index (χ4v) is 13.1. The standard InChI is InChI=1S/C68H72F10O2S/c69-65(70,67(73,74)75)45-19-31-57(29-9-3-15-47-79-55-41-37-53(38-42-55)63(51-23-5-1-6-24-51)61-35-17-27-49-21-11-13-33-59(49)61)81-58(32-20-46-66(71,72)68(76,77)78)30-10-4-16-48-80-56-43-39-54(40-44-56)64(52-25-7-2-8-26-52)62-36-18-28-50-22-12-14-34-60(50)62/h1-2,5-8,11-14,21-26,33-34,37-44,57-58H,3-4,9-10,15-20,27-32,35-36,45-48H2/b63-61+,64-62+. The number of unbranched alkanes of at least 4 members (excludes halogenated alkanes) is 4. The van der Waals surface area contributed by atoms with Gasteiger partial charge in [-0.2, -0.15) is 55.7 Å². The van der Waals surface area contributed by atoms with E-state index in [2.05, 4.69) is 97.1 Å². The predicted molar refractivity (Wildman–Crippen MR) is 309 cm³/mol. The summed E-state index contributed by atoms with van der Waals surface area (Å²) in [4.78, 5) is 0. The molecular formula is C68H72F10O2S. The molecule has 8 rings (SSSR count). The first-order valence-corrected chi connectivity index (χ1v) is 29.7. The summed E-state index contributed by atoms with van der Waals surface area (Å²) in [5.41, 5.74) is 14.6. The molecule has 0 saturated carbocycles.